The van der Waals surface area contributed by atoms with Crippen LogP contribution in [0.5, 0.6) is 0 Å². The Morgan fingerprint density at radius 3 is 3.06 bits per heavy atom. The molecule has 0 fully saturated rings. The van der Waals surface area contributed by atoms with E-state index >= 15 is 0 Å². The first-order chi connectivity index (χ1) is 8.86. The summed E-state index contributed by atoms with van der Waals surface area (Å²) in [5, 5.41) is 0. The van der Waals surface area contributed by atoms with E-state index in [2.05, 4.69) is 16.2 Å². The third kappa shape index (κ3) is 1.48. The molecule has 0 radical (unpaired) electrons. The average molecular weight is 261 g/mol. The Hall–Kier alpha value is -0.870. The quantitative estimate of drug-likeness (QED) is 0.828. The van der Waals surface area contributed by atoms with Gasteiger partial charge < -0.3 is 0 Å². The molecule has 0 saturated carbocycles. The highest BCUT2D eigenvalue weighted by Gasteiger charge is 2.26. The minimum Gasteiger partial charge on any atom is -0.297 e. The molecule has 1 aliphatic heterocycles. The molecule has 2 aromatic heterocycles. The van der Waals surface area contributed by atoms with Gasteiger partial charge in [-0.2, -0.15) is 0 Å². The van der Waals surface area contributed by atoms with E-state index in [4.69, 9.17) is 4.98 Å². The summed E-state index contributed by atoms with van der Waals surface area (Å²) in [5.74, 6) is 0. The third-order valence-corrected chi connectivity index (χ3v) is 5.37. The normalized spacial score (nSPS) is 19.4. The molecule has 2 aliphatic rings. The lowest BCUT2D eigenvalue weighted by molar-refractivity contribution is 0.249. The maximum atomic E-state index is 4.87. The van der Waals surface area contributed by atoms with Gasteiger partial charge in [-0.15, -0.1) is 11.3 Å². The summed E-state index contributed by atoms with van der Waals surface area (Å²) in [6, 6.07) is 0. The molecule has 0 spiro atoms. The number of thiazole rings is 1. The van der Waals surface area contributed by atoms with Crippen LogP contribution in [0.2, 0.25) is 0 Å². The molecule has 4 heteroatoms. The van der Waals surface area contributed by atoms with Gasteiger partial charge in [0.25, 0.3) is 0 Å². The summed E-state index contributed by atoms with van der Waals surface area (Å²) >= 11 is 1.93. The summed E-state index contributed by atoms with van der Waals surface area (Å²) < 4.78 is 2.49. The van der Waals surface area contributed by atoms with Crippen LogP contribution in [-0.2, 0) is 25.8 Å². The summed E-state index contributed by atoms with van der Waals surface area (Å²) in [6.07, 6.45) is 6.25. The number of nitrogens with zero attached hydrogens (tertiary/aromatic N) is 3. The van der Waals surface area contributed by atoms with Crippen LogP contribution >= 0.6 is 11.3 Å². The Balaban J connectivity index is 1.81. The van der Waals surface area contributed by atoms with E-state index in [1.807, 2.05) is 11.3 Å². The fourth-order valence-electron chi connectivity index (χ4n) is 3.40. The van der Waals surface area contributed by atoms with Crippen molar-refractivity contribution in [3.05, 3.63) is 22.0 Å². The molecule has 0 amide bonds. The van der Waals surface area contributed by atoms with Crippen LogP contribution in [0.3, 0.4) is 0 Å². The highest BCUT2D eigenvalue weighted by molar-refractivity contribution is 7.17. The Morgan fingerprint density at radius 1 is 1.22 bits per heavy atom. The van der Waals surface area contributed by atoms with Crippen molar-refractivity contribution in [2.75, 3.05) is 13.1 Å². The number of rotatable bonds is 2. The fraction of sp³-hybridized carbons (Fsp3) is 0.643. The van der Waals surface area contributed by atoms with E-state index in [9.17, 15) is 0 Å². The van der Waals surface area contributed by atoms with Crippen molar-refractivity contribution in [2.45, 2.75) is 45.6 Å². The second-order valence-corrected chi connectivity index (χ2v) is 6.54. The Kier molecular flexibility index (Phi) is 2.49. The SMILES string of the molecule is CCCN1CCc2nc3sc4c(n3c2C1)CCC4. The van der Waals surface area contributed by atoms with Crippen molar-refractivity contribution in [2.24, 2.45) is 0 Å². The third-order valence-electron chi connectivity index (χ3n) is 4.23. The van der Waals surface area contributed by atoms with E-state index in [0.717, 1.165) is 13.0 Å². The number of hydrogen-bond donors (Lipinski definition) is 0. The number of hydrogen-bond acceptors (Lipinski definition) is 3. The Labute approximate surface area is 111 Å². The highest BCUT2D eigenvalue weighted by atomic mass is 32.1. The molecule has 0 aromatic carbocycles. The molecule has 18 heavy (non-hydrogen) atoms. The molecule has 96 valence electrons. The molecule has 0 unspecified atom stereocenters. The predicted octanol–water partition coefficient (Wildman–Crippen LogP) is 2.65. The van der Waals surface area contributed by atoms with Crippen molar-refractivity contribution >= 4 is 16.3 Å². The van der Waals surface area contributed by atoms with Gasteiger partial charge in [-0.1, -0.05) is 6.92 Å². The average Bonchev–Trinajstić information content (AvgIpc) is 2.98. The molecule has 0 N–H and O–H groups in total. The molecule has 2 aromatic rings. The lowest BCUT2D eigenvalue weighted by Crippen LogP contribution is -2.31. The van der Waals surface area contributed by atoms with Gasteiger partial charge in [0.15, 0.2) is 4.96 Å². The monoisotopic (exact) mass is 261 g/mol. The second-order valence-electron chi connectivity index (χ2n) is 5.47. The smallest absolute Gasteiger partial charge is 0.194 e. The summed E-state index contributed by atoms with van der Waals surface area (Å²) in [6.45, 7) is 5.78. The van der Waals surface area contributed by atoms with Crippen LogP contribution in [0.4, 0.5) is 0 Å². The summed E-state index contributed by atoms with van der Waals surface area (Å²) in [5.41, 5.74) is 4.43. The van der Waals surface area contributed by atoms with Crippen molar-refractivity contribution in [3.63, 3.8) is 0 Å². The number of aromatic nitrogens is 2. The first kappa shape index (κ1) is 11.0. The van der Waals surface area contributed by atoms with Gasteiger partial charge in [-0.05, 0) is 32.2 Å². The number of aryl methyl sites for hydroxylation is 2. The van der Waals surface area contributed by atoms with Crippen molar-refractivity contribution in [1.29, 1.82) is 0 Å². The van der Waals surface area contributed by atoms with Crippen molar-refractivity contribution in [3.8, 4) is 0 Å². The first-order valence-electron chi connectivity index (χ1n) is 7.10. The van der Waals surface area contributed by atoms with Crippen LogP contribution in [-0.4, -0.2) is 27.4 Å². The Morgan fingerprint density at radius 2 is 2.17 bits per heavy atom. The predicted molar refractivity (Wildman–Crippen MR) is 74.4 cm³/mol. The molecule has 0 atom stereocenters. The number of fused-ring (bicyclic) bond motifs is 5. The molecule has 4 rings (SSSR count). The van der Waals surface area contributed by atoms with Crippen LogP contribution < -0.4 is 0 Å². The van der Waals surface area contributed by atoms with E-state index in [1.54, 1.807) is 10.6 Å². The minimum atomic E-state index is 1.10. The van der Waals surface area contributed by atoms with Crippen LogP contribution in [0.15, 0.2) is 0 Å². The maximum Gasteiger partial charge on any atom is 0.194 e. The second kappa shape index (κ2) is 4.07. The van der Waals surface area contributed by atoms with Gasteiger partial charge in [0.05, 0.1) is 11.4 Å². The molecule has 3 nitrogen and oxygen atoms in total. The maximum absolute atomic E-state index is 4.87. The van der Waals surface area contributed by atoms with Gasteiger partial charge in [0.2, 0.25) is 0 Å². The fourth-order valence-corrected chi connectivity index (χ4v) is 4.65. The molecular formula is C14H19N3S. The summed E-state index contributed by atoms with van der Waals surface area (Å²) in [7, 11) is 0. The van der Waals surface area contributed by atoms with Crippen molar-refractivity contribution in [1.82, 2.24) is 14.3 Å². The van der Waals surface area contributed by atoms with Crippen LogP contribution in [0, 0.1) is 0 Å². The van der Waals surface area contributed by atoms with Crippen molar-refractivity contribution < 1.29 is 0 Å². The van der Waals surface area contributed by atoms with E-state index < -0.39 is 0 Å². The van der Waals surface area contributed by atoms with Crippen LogP contribution in [0.1, 0.15) is 41.7 Å². The molecule has 1 aliphatic carbocycles. The van der Waals surface area contributed by atoms with E-state index in [-0.39, 0.29) is 0 Å². The highest BCUT2D eigenvalue weighted by Crippen LogP contribution is 2.34. The molecular weight excluding hydrogens is 242 g/mol. The van der Waals surface area contributed by atoms with Crippen LogP contribution in [0.25, 0.3) is 4.96 Å². The molecule has 0 bridgehead atoms. The molecule has 3 heterocycles. The molecule has 0 saturated heterocycles. The minimum absolute atomic E-state index is 1.10. The lowest BCUT2D eigenvalue weighted by atomic mass is 10.1. The topological polar surface area (TPSA) is 20.5 Å². The number of imidazole rings is 1. The van der Waals surface area contributed by atoms with Gasteiger partial charge in [-0.3, -0.25) is 9.30 Å². The largest absolute Gasteiger partial charge is 0.297 e. The van der Waals surface area contributed by atoms with E-state index in [1.165, 1.54) is 55.1 Å². The summed E-state index contributed by atoms with van der Waals surface area (Å²) in [4.78, 5) is 10.3. The van der Waals surface area contributed by atoms with Gasteiger partial charge >= 0.3 is 0 Å². The zero-order valence-electron chi connectivity index (χ0n) is 10.9. The first-order valence-corrected chi connectivity index (χ1v) is 7.91. The van der Waals surface area contributed by atoms with Gasteiger partial charge in [0.1, 0.15) is 0 Å². The van der Waals surface area contributed by atoms with Gasteiger partial charge in [0, 0.05) is 30.1 Å². The zero-order valence-corrected chi connectivity index (χ0v) is 11.7. The van der Waals surface area contributed by atoms with E-state index in [0.29, 0.717) is 0 Å². The lowest BCUT2D eigenvalue weighted by Gasteiger charge is -2.26. The zero-order chi connectivity index (χ0) is 12.1. The Bertz CT molecular complexity index is 596. The van der Waals surface area contributed by atoms with Gasteiger partial charge in [-0.25, -0.2) is 4.98 Å². The standard InChI is InChI=1S/C14H19N3S/c1-2-7-16-8-6-10-12(9-16)17-11-4-3-5-13(11)18-14(17)15-10/h2-9H2,1H3.